The van der Waals surface area contributed by atoms with Gasteiger partial charge in [-0.05, 0) is 24.9 Å². The van der Waals surface area contributed by atoms with Gasteiger partial charge in [0.05, 0.1) is 0 Å². The molecule has 1 aromatic rings. The molecule has 5 nitrogen and oxygen atoms in total. The molecule has 1 heterocycles. The molecule has 2 unspecified atom stereocenters. The van der Waals surface area contributed by atoms with Crippen LogP contribution in [0.3, 0.4) is 0 Å². The maximum absolute atomic E-state index is 13.8. The lowest BCUT2D eigenvalue weighted by Gasteiger charge is -2.31. The van der Waals surface area contributed by atoms with E-state index in [-0.39, 0.29) is 19.4 Å². The zero-order valence-electron chi connectivity index (χ0n) is 15.3. The van der Waals surface area contributed by atoms with E-state index in [1.165, 1.54) is 0 Å². The van der Waals surface area contributed by atoms with Crippen LogP contribution in [0, 0.1) is 5.41 Å². The number of benzene rings is 1. The first-order chi connectivity index (χ1) is 12.7. The van der Waals surface area contributed by atoms with Crippen LogP contribution in [0.15, 0.2) is 30.3 Å². The Kier molecular flexibility index (Phi) is 6.86. The molecule has 0 bridgehead atoms. The lowest BCUT2D eigenvalue weighted by atomic mass is 9.84. The van der Waals surface area contributed by atoms with Crippen molar-refractivity contribution in [2.75, 3.05) is 13.1 Å². The van der Waals surface area contributed by atoms with Crippen LogP contribution in [0.25, 0.3) is 0 Å². The number of unbranched alkanes of at least 4 members (excludes halogenated alkanes) is 1. The van der Waals surface area contributed by atoms with Gasteiger partial charge in [-0.2, -0.15) is 13.2 Å². The highest BCUT2D eigenvalue weighted by Gasteiger charge is 2.63. The van der Waals surface area contributed by atoms with Gasteiger partial charge in [0.25, 0.3) is 0 Å². The first-order valence-electron chi connectivity index (χ1n) is 9.06. The summed E-state index contributed by atoms with van der Waals surface area (Å²) in [4.78, 5) is 25.5. The van der Waals surface area contributed by atoms with Gasteiger partial charge in [-0.15, -0.1) is 0 Å². The summed E-state index contributed by atoms with van der Waals surface area (Å²) in [5, 5.41) is 11.4. The summed E-state index contributed by atoms with van der Waals surface area (Å²) >= 11 is 0. The van der Waals surface area contributed by atoms with Gasteiger partial charge in [-0.1, -0.05) is 50.1 Å². The molecule has 0 spiro atoms. The number of halogens is 3. The Morgan fingerprint density at radius 1 is 1.30 bits per heavy atom. The van der Waals surface area contributed by atoms with Crippen molar-refractivity contribution in [1.29, 1.82) is 0 Å². The minimum atomic E-state index is -4.75. The highest BCUT2D eigenvalue weighted by molar-refractivity contribution is 5.88. The number of amides is 1. The van der Waals surface area contributed by atoms with Crippen molar-refractivity contribution < 1.29 is 27.9 Å². The summed E-state index contributed by atoms with van der Waals surface area (Å²) in [7, 11) is 0. The van der Waals surface area contributed by atoms with E-state index in [4.69, 9.17) is 0 Å². The van der Waals surface area contributed by atoms with Gasteiger partial charge in [0, 0.05) is 13.1 Å². The molecule has 1 aliphatic rings. The van der Waals surface area contributed by atoms with Crippen molar-refractivity contribution in [2.45, 2.75) is 51.4 Å². The number of aliphatic carboxylic acids is 1. The van der Waals surface area contributed by atoms with Crippen molar-refractivity contribution in [3.05, 3.63) is 35.9 Å². The number of hydrogen-bond acceptors (Lipinski definition) is 3. The molecule has 0 aromatic heterocycles. The number of rotatable bonds is 8. The van der Waals surface area contributed by atoms with Gasteiger partial charge in [-0.3, -0.25) is 9.69 Å². The molecule has 1 saturated heterocycles. The number of carbonyl (C=O) groups excluding carboxylic acids is 1. The van der Waals surface area contributed by atoms with E-state index in [2.05, 4.69) is 5.32 Å². The quantitative estimate of drug-likeness (QED) is 0.720. The Hall–Kier alpha value is -2.09. The Labute approximate surface area is 156 Å². The van der Waals surface area contributed by atoms with Crippen molar-refractivity contribution in [2.24, 2.45) is 5.41 Å². The first kappa shape index (κ1) is 21.2. The molecular formula is C19H25F3N2O3. The lowest BCUT2D eigenvalue weighted by molar-refractivity contribution is -0.218. The monoisotopic (exact) mass is 386 g/mol. The van der Waals surface area contributed by atoms with Crippen LogP contribution in [0.4, 0.5) is 13.2 Å². The minimum absolute atomic E-state index is 0.110. The van der Waals surface area contributed by atoms with Crippen LogP contribution in [-0.2, 0) is 16.1 Å². The van der Waals surface area contributed by atoms with Crippen molar-refractivity contribution in [1.82, 2.24) is 10.2 Å². The number of nitrogens with zero attached hydrogens (tertiary/aromatic N) is 1. The van der Waals surface area contributed by atoms with Gasteiger partial charge in [0.1, 0.15) is 6.04 Å². The van der Waals surface area contributed by atoms with Crippen LogP contribution >= 0.6 is 0 Å². The number of carboxylic acid groups (broad SMARTS) is 1. The van der Waals surface area contributed by atoms with Crippen molar-refractivity contribution >= 4 is 11.9 Å². The average molecular weight is 386 g/mol. The molecule has 2 rings (SSSR count). The van der Waals surface area contributed by atoms with Gasteiger partial charge in [-0.25, -0.2) is 4.79 Å². The Morgan fingerprint density at radius 2 is 1.96 bits per heavy atom. The fraction of sp³-hybridized carbons (Fsp3) is 0.579. The average Bonchev–Trinajstić information content (AvgIpc) is 3.04. The number of carbonyl (C=O) groups is 2. The number of hydrogen-bond donors (Lipinski definition) is 2. The molecular weight excluding hydrogens is 361 g/mol. The van der Waals surface area contributed by atoms with E-state index < -0.39 is 36.1 Å². The van der Waals surface area contributed by atoms with Crippen LogP contribution < -0.4 is 5.32 Å². The van der Waals surface area contributed by atoms with E-state index in [9.17, 15) is 27.9 Å². The van der Waals surface area contributed by atoms with Gasteiger partial charge < -0.3 is 10.4 Å². The second-order valence-corrected chi connectivity index (χ2v) is 7.03. The molecule has 2 N–H and O–H groups in total. The molecule has 1 amide bonds. The summed E-state index contributed by atoms with van der Waals surface area (Å²) in [5.41, 5.74) is -1.72. The molecule has 1 fully saturated rings. The fourth-order valence-corrected chi connectivity index (χ4v) is 3.37. The Balaban J connectivity index is 2.14. The number of likely N-dealkylation sites (tertiary alicyclic amines) is 1. The topological polar surface area (TPSA) is 69.6 Å². The third-order valence-electron chi connectivity index (χ3n) is 5.02. The molecule has 1 aromatic carbocycles. The highest BCUT2D eigenvalue weighted by atomic mass is 19.4. The van der Waals surface area contributed by atoms with Crippen molar-refractivity contribution in [3.8, 4) is 0 Å². The summed E-state index contributed by atoms with van der Waals surface area (Å²) in [6, 6.07) is 7.77. The molecule has 0 aliphatic carbocycles. The standard InChI is InChI=1S/C19H25F3N2O3/c1-2-3-9-15(16(25)26)23-17(27)18(19(20,21)22)10-11-24(13-18)12-14-7-5-4-6-8-14/h4-8,15H,2-3,9-13H2,1H3,(H,23,27)(H,25,26). The molecule has 8 heteroatoms. The zero-order valence-corrected chi connectivity index (χ0v) is 15.3. The van der Waals surface area contributed by atoms with E-state index in [1.54, 1.807) is 17.0 Å². The van der Waals surface area contributed by atoms with E-state index in [0.717, 1.165) is 5.56 Å². The second-order valence-electron chi connectivity index (χ2n) is 7.03. The molecule has 1 aliphatic heterocycles. The smallest absolute Gasteiger partial charge is 0.404 e. The lowest BCUT2D eigenvalue weighted by Crippen LogP contribution is -2.55. The van der Waals surface area contributed by atoms with Crippen LogP contribution in [-0.4, -0.2) is 47.2 Å². The first-order valence-corrected chi connectivity index (χ1v) is 9.06. The second kappa shape index (κ2) is 8.73. The van der Waals surface area contributed by atoms with Crippen LogP contribution in [0.5, 0.6) is 0 Å². The molecule has 0 saturated carbocycles. The Morgan fingerprint density at radius 3 is 2.52 bits per heavy atom. The van der Waals surface area contributed by atoms with E-state index in [1.807, 2.05) is 25.1 Å². The number of carboxylic acids is 1. The maximum atomic E-state index is 13.8. The highest BCUT2D eigenvalue weighted by Crippen LogP contribution is 2.46. The molecule has 2 atom stereocenters. The van der Waals surface area contributed by atoms with E-state index in [0.29, 0.717) is 19.4 Å². The molecule has 27 heavy (non-hydrogen) atoms. The van der Waals surface area contributed by atoms with Crippen LogP contribution in [0.1, 0.15) is 38.2 Å². The summed E-state index contributed by atoms with van der Waals surface area (Å²) in [6.07, 6.45) is -3.82. The SMILES string of the molecule is CCCCC(NC(=O)C1(C(F)(F)F)CCN(Cc2ccccc2)C1)C(=O)O. The molecule has 0 radical (unpaired) electrons. The maximum Gasteiger partial charge on any atom is 0.404 e. The number of alkyl halides is 3. The third kappa shape index (κ3) is 5.00. The number of nitrogens with one attached hydrogen (secondary N) is 1. The van der Waals surface area contributed by atoms with Crippen LogP contribution in [0.2, 0.25) is 0 Å². The summed E-state index contributed by atoms with van der Waals surface area (Å²) < 4.78 is 41.5. The third-order valence-corrected chi connectivity index (χ3v) is 5.02. The van der Waals surface area contributed by atoms with Gasteiger partial charge in [0.15, 0.2) is 5.41 Å². The largest absolute Gasteiger partial charge is 0.480 e. The summed E-state index contributed by atoms with van der Waals surface area (Å²) in [6.45, 7) is 1.80. The summed E-state index contributed by atoms with van der Waals surface area (Å²) in [5.74, 6) is -2.55. The Bertz CT molecular complexity index is 651. The predicted molar refractivity (Wildman–Crippen MR) is 93.9 cm³/mol. The predicted octanol–water partition coefficient (Wildman–Crippen LogP) is 3.20. The zero-order chi connectivity index (χ0) is 20.1. The van der Waals surface area contributed by atoms with Crippen molar-refractivity contribution in [3.63, 3.8) is 0 Å². The molecule has 150 valence electrons. The normalized spacial score (nSPS) is 21.8. The van der Waals surface area contributed by atoms with Gasteiger partial charge >= 0.3 is 12.1 Å². The minimum Gasteiger partial charge on any atom is -0.480 e. The van der Waals surface area contributed by atoms with E-state index >= 15 is 0 Å². The fourth-order valence-electron chi connectivity index (χ4n) is 3.37. The van der Waals surface area contributed by atoms with Gasteiger partial charge in [0.2, 0.25) is 5.91 Å².